The SMILES string of the molecule is COc1ccc2c(C(=O)c3cc(OC)c(OC)c(OC)c3)n(S(=O)(=O)CCCl)nc2c1. The zero-order chi connectivity index (χ0) is 22.8. The zero-order valence-electron chi connectivity index (χ0n) is 17.3. The third kappa shape index (κ3) is 4.13. The summed E-state index contributed by atoms with van der Waals surface area (Å²) in [5, 5.41) is 4.50. The number of carbonyl (C=O) groups is 1. The van der Waals surface area contributed by atoms with Crippen LogP contribution in [0.3, 0.4) is 0 Å². The molecule has 31 heavy (non-hydrogen) atoms. The van der Waals surface area contributed by atoms with Crippen LogP contribution in [-0.4, -0.2) is 63.5 Å². The van der Waals surface area contributed by atoms with Gasteiger partial charge in [-0.15, -0.1) is 11.6 Å². The van der Waals surface area contributed by atoms with Gasteiger partial charge < -0.3 is 18.9 Å². The zero-order valence-corrected chi connectivity index (χ0v) is 18.9. The molecule has 9 nitrogen and oxygen atoms in total. The maximum atomic E-state index is 13.5. The topological polar surface area (TPSA) is 106 Å². The molecule has 1 aromatic heterocycles. The van der Waals surface area contributed by atoms with Gasteiger partial charge in [0, 0.05) is 22.9 Å². The van der Waals surface area contributed by atoms with E-state index in [0.29, 0.717) is 16.9 Å². The molecule has 0 spiro atoms. The van der Waals surface area contributed by atoms with Crippen LogP contribution in [0.15, 0.2) is 30.3 Å². The van der Waals surface area contributed by atoms with E-state index in [4.69, 9.17) is 30.5 Å². The molecule has 3 rings (SSSR count). The highest BCUT2D eigenvalue weighted by molar-refractivity contribution is 7.89. The van der Waals surface area contributed by atoms with Crippen molar-refractivity contribution in [2.75, 3.05) is 40.1 Å². The Bertz CT molecular complexity index is 1210. The molecule has 3 aromatic rings. The first kappa shape index (κ1) is 22.7. The molecule has 0 radical (unpaired) electrons. The number of alkyl halides is 1. The van der Waals surface area contributed by atoms with Gasteiger partial charge in [-0.1, -0.05) is 0 Å². The maximum Gasteiger partial charge on any atom is 0.255 e. The molecule has 0 atom stereocenters. The van der Waals surface area contributed by atoms with Crippen molar-refractivity contribution in [3.05, 3.63) is 41.6 Å². The van der Waals surface area contributed by atoms with Crippen LogP contribution >= 0.6 is 11.6 Å². The first-order valence-electron chi connectivity index (χ1n) is 9.02. The van der Waals surface area contributed by atoms with E-state index in [1.165, 1.54) is 40.6 Å². The predicted octanol–water partition coefficient (Wildman–Crippen LogP) is 2.72. The van der Waals surface area contributed by atoms with E-state index in [9.17, 15) is 13.2 Å². The van der Waals surface area contributed by atoms with Crippen LogP contribution in [0.1, 0.15) is 16.1 Å². The lowest BCUT2D eigenvalue weighted by Crippen LogP contribution is -2.23. The smallest absolute Gasteiger partial charge is 0.255 e. The van der Waals surface area contributed by atoms with Gasteiger partial charge in [-0.3, -0.25) is 4.79 Å². The molecule has 11 heteroatoms. The molecule has 0 aliphatic carbocycles. The molecule has 0 bridgehead atoms. The summed E-state index contributed by atoms with van der Waals surface area (Å²) in [5.41, 5.74) is 0.291. The van der Waals surface area contributed by atoms with Crippen LogP contribution in [0.25, 0.3) is 10.9 Å². The summed E-state index contributed by atoms with van der Waals surface area (Å²) in [6, 6.07) is 7.65. The number of hydrogen-bond acceptors (Lipinski definition) is 8. The summed E-state index contributed by atoms with van der Waals surface area (Å²) in [5.74, 6) is 0.148. The lowest BCUT2D eigenvalue weighted by Gasteiger charge is -2.14. The average molecular weight is 469 g/mol. The van der Waals surface area contributed by atoms with Gasteiger partial charge in [0.2, 0.25) is 11.5 Å². The molecule has 0 amide bonds. The molecule has 2 aromatic carbocycles. The Kier molecular flexibility index (Phi) is 6.61. The van der Waals surface area contributed by atoms with Gasteiger partial charge in [-0.2, -0.15) is 9.19 Å². The number of ketones is 1. The number of fused-ring (bicyclic) bond motifs is 1. The molecule has 0 fully saturated rings. The van der Waals surface area contributed by atoms with Gasteiger partial charge in [0.25, 0.3) is 10.0 Å². The van der Waals surface area contributed by atoms with E-state index in [-0.39, 0.29) is 34.2 Å². The summed E-state index contributed by atoms with van der Waals surface area (Å²) >= 11 is 5.67. The molecule has 0 saturated carbocycles. The maximum absolute atomic E-state index is 13.5. The van der Waals surface area contributed by atoms with Gasteiger partial charge in [-0.05, 0) is 24.3 Å². The quantitative estimate of drug-likeness (QED) is 0.348. The van der Waals surface area contributed by atoms with Gasteiger partial charge in [0.05, 0.1) is 39.7 Å². The molecule has 0 N–H and O–H groups in total. The second-order valence-electron chi connectivity index (χ2n) is 6.32. The van der Waals surface area contributed by atoms with E-state index in [2.05, 4.69) is 5.10 Å². The third-order valence-corrected chi connectivity index (χ3v) is 6.51. The minimum Gasteiger partial charge on any atom is -0.497 e. The number of aromatic nitrogens is 2. The van der Waals surface area contributed by atoms with Gasteiger partial charge in [-0.25, -0.2) is 8.42 Å². The minimum atomic E-state index is -3.99. The normalized spacial score (nSPS) is 11.4. The fourth-order valence-corrected chi connectivity index (χ4v) is 4.74. The highest BCUT2D eigenvalue weighted by Crippen LogP contribution is 2.39. The first-order chi connectivity index (χ1) is 14.8. The number of halogens is 1. The number of hydrogen-bond donors (Lipinski definition) is 0. The monoisotopic (exact) mass is 468 g/mol. The standard InChI is InChI=1S/C20H21ClN2O7S/c1-27-13-5-6-14-15(11-13)22-23(31(25,26)8-7-21)18(14)19(24)12-9-16(28-2)20(30-4)17(10-12)29-3/h5-6,9-11H,7-8H2,1-4H3. The van der Waals surface area contributed by atoms with Crippen molar-refractivity contribution in [2.24, 2.45) is 0 Å². The highest BCUT2D eigenvalue weighted by Gasteiger charge is 2.28. The second kappa shape index (κ2) is 9.03. The summed E-state index contributed by atoms with van der Waals surface area (Å²) in [7, 11) is 1.76. The average Bonchev–Trinajstić information content (AvgIpc) is 3.16. The predicted molar refractivity (Wildman–Crippen MR) is 116 cm³/mol. The van der Waals surface area contributed by atoms with Gasteiger partial charge in [0.15, 0.2) is 11.5 Å². The van der Waals surface area contributed by atoms with E-state index < -0.39 is 21.6 Å². The van der Waals surface area contributed by atoms with Crippen LogP contribution in [0.4, 0.5) is 0 Å². The van der Waals surface area contributed by atoms with E-state index in [1.807, 2.05) is 0 Å². The Morgan fingerprint density at radius 2 is 1.65 bits per heavy atom. The lowest BCUT2D eigenvalue weighted by molar-refractivity contribution is 0.103. The van der Waals surface area contributed by atoms with Gasteiger partial charge in [0.1, 0.15) is 11.4 Å². The molecule has 0 aliphatic rings. The summed E-state index contributed by atoms with van der Waals surface area (Å²) in [4.78, 5) is 13.5. The minimum absolute atomic E-state index is 0.128. The van der Waals surface area contributed by atoms with E-state index in [0.717, 1.165) is 4.09 Å². The van der Waals surface area contributed by atoms with Crippen LogP contribution in [0.2, 0.25) is 0 Å². The van der Waals surface area contributed by atoms with Gasteiger partial charge >= 0.3 is 0 Å². The van der Waals surface area contributed by atoms with Crippen molar-refractivity contribution in [3.8, 4) is 23.0 Å². The largest absolute Gasteiger partial charge is 0.497 e. The molecule has 166 valence electrons. The van der Waals surface area contributed by atoms with E-state index in [1.54, 1.807) is 18.2 Å². The number of benzene rings is 2. The highest BCUT2D eigenvalue weighted by atomic mass is 35.5. The third-order valence-electron chi connectivity index (χ3n) is 4.59. The molecular formula is C20H21ClN2O7S. The van der Waals surface area contributed by atoms with Crippen LogP contribution < -0.4 is 18.9 Å². The number of ether oxygens (including phenoxy) is 4. The summed E-state index contributed by atoms with van der Waals surface area (Å²) < 4.78 is 47.5. The van der Waals surface area contributed by atoms with Crippen molar-refractivity contribution in [1.82, 2.24) is 9.19 Å². The van der Waals surface area contributed by atoms with Crippen molar-refractivity contribution >= 4 is 38.3 Å². The van der Waals surface area contributed by atoms with E-state index >= 15 is 0 Å². The first-order valence-corrected chi connectivity index (χ1v) is 11.2. The Balaban J connectivity index is 2.30. The fourth-order valence-electron chi connectivity index (χ4n) is 3.12. The molecule has 0 saturated heterocycles. The Morgan fingerprint density at radius 1 is 1.00 bits per heavy atom. The van der Waals surface area contributed by atoms with Crippen molar-refractivity contribution < 1.29 is 32.2 Å². The van der Waals surface area contributed by atoms with Crippen molar-refractivity contribution in [1.29, 1.82) is 0 Å². The number of methoxy groups -OCH3 is 4. The molecule has 1 heterocycles. The molecule has 0 unspecified atom stereocenters. The molecular weight excluding hydrogens is 448 g/mol. The lowest BCUT2D eigenvalue weighted by atomic mass is 10.0. The fraction of sp³-hybridized carbons (Fsp3) is 0.300. The molecule has 0 aliphatic heterocycles. The van der Waals surface area contributed by atoms with Crippen LogP contribution in [-0.2, 0) is 10.0 Å². The van der Waals surface area contributed by atoms with Crippen molar-refractivity contribution in [2.45, 2.75) is 0 Å². The van der Waals surface area contributed by atoms with Crippen LogP contribution in [0.5, 0.6) is 23.0 Å². The number of rotatable bonds is 9. The number of nitrogens with zero attached hydrogens (tertiary/aromatic N) is 2. The van der Waals surface area contributed by atoms with Crippen molar-refractivity contribution in [3.63, 3.8) is 0 Å². The second-order valence-corrected chi connectivity index (χ2v) is 8.62. The summed E-state index contributed by atoms with van der Waals surface area (Å²) in [6.45, 7) is 0. The van der Waals surface area contributed by atoms with Crippen LogP contribution in [0, 0.1) is 0 Å². The Hall–Kier alpha value is -2.98. The Morgan fingerprint density at radius 3 is 2.16 bits per heavy atom. The number of carbonyl (C=O) groups excluding carboxylic acids is 1. The summed E-state index contributed by atoms with van der Waals surface area (Å²) in [6.07, 6.45) is 0. The Labute approximate surface area is 184 Å².